The van der Waals surface area contributed by atoms with Crippen LogP contribution in [0.1, 0.15) is 12.0 Å². The maximum atomic E-state index is 4.73. The van der Waals surface area contributed by atoms with Gasteiger partial charge in [-0.25, -0.2) is 9.97 Å². The summed E-state index contributed by atoms with van der Waals surface area (Å²) >= 11 is 0. The van der Waals surface area contributed by atoms with Crippen LogP contribution in [0.2, 0.25) is 0 Å². The molecular formula is C25H30N6. The Kier molecular flexibility index (Phi) is 5.02. The Hall–Kier alpha value is -3.12. The molecule has 31 heavy (non-hydrogen) atoms. The number of aryl methyl sites for hydroxylation is 1. The Morgan fingerprint density at radius 2 is 1.81 bits per heavy atom. The molecule has 0 aliphatic carbocycles. The smallest absolute Gasteiger partial charge is 0.227 e. The van der Waals surface area contributed by atoms with E-state index in [4.69, 9.17) is 4.98 Å². The molecule has 2 aliphatic rings. The highest BCUT2D eigenvalue weighted by Crippen LogP contribution is 2.36. The molecule has 1 N–H and O–H groups in total. The van der Waals surface area contributed by atoms with Crippen LogP contribution in [0.5, 0.6) is 0 Å². The molecule has 0 unspecified atom stereocenters. The van der Waals surface area contributed by atoms with Crippen molar-refractivity contribution in [3.8, 4) is 11.3 Å². The zero-order valence-electron chi connectivity index (χ0n) is 18.7. The SMILES string of the molecule is Cc1cc(Nc2nccc(-c3ccc(N(C)C)cc3)n2)ccc1N1C[C@@H]2C[C@H]1CN2C. The third kappa shape index (κ3) is 3.83. The lowest BCUT2D eigenvalue weighted by atomic mass is 10.1. The topological polar surface area (TPSA) is 47.5 Å². The predicted octanol–water partition coefficient (Wildman–Crippen LogP) is 4.15. The summed E-state index contributed by atoms with van der Waals surface area (Å²) in [5.74, 6) is 0.614. The van der Waals surface area contributed by atoms with Crippen LogP contribution in [0, 0.1) is 6.92 Å². The van der Waals surface area contributed by atoms with Crippen molar-refractivity contribution >= 4 is 23.0 Å². The third-order valence-electron chi connectivity index (χ3n) is 6.61. The van der Waals surface area contributed by atoms with Gasteiger partial charge >= 0.3 is 0 Å². The molecule has 5 rings (SSSR count). The zero-order valence-corrected chi connectivity index (χ0v) is 18.7. The van der Waals surface area contributed by atoms with Crippen molar-refractivity contribution in [3.63, 3.8) is 0 Å². The molecule has 2 bridgehead atoms. The number of hydrogen-bond donors (Lipinski definition) is 1. The van der Waals surface area contributed by atoms with Crippen LogP contribution in [0.4, 0.5) is 23.0 Å². The van der Waals surface area contributed by atoms with Crippen LogP contribution in [-0.4, -0.2) is 61.2 Å². The first-order chi connectivity index (χ1) is 15.0. The van der Waals surface area contributed by atoms with E-state index in [1.165, 1.54) is 29.9 Å². The summed E-state index contributed by atoms with van der Waals surface area (Å²) < 4.78 is 0. The fourth-order valence-corrected chi connectivity index (χ4v) is 4.86. The molecule has 160 valence electrons. The Balaban J connectivity index is 1.32. The normalized spacial score (nSPS) is 20.3. The van der Waals surface area contributed by atoms with E-state index in [0.29, 0.717) is 18.0 Å². The lowest BCUT2D eigenvalue weighted by Crippen LogP contribution is -2.44. The molecule has 0 amide bonds. The first-order valence-corrected chi connectivity index (χ1v) is 10.9. The van der Waals surface area contributed by atoms with Crippen LogP contribution in [0.3, 0.4) is 0 Å². The molecular weight excluding hydrogens is 384 g/mol. The van der Waals surface area contributed by atoms with Crippen LogP contribution >= 0.6 is 0 Å². The maximum absolute atomic E-state index is 4.73. The summed E-state index contributed by atoms with van der Waals surface area (Å²) in [7, 11) is 6.33. The molecule has 3 aromatic rings. The van der Waals surface area contributed by atoms with Crippen molar-refractivity contribution in [2.24, 2.45) is 0 Å². The van der Waals surface area contributed by atoms with E-state index in [9.17, 15) is 0 Å². The van der Waals surface area contributed by atoms with Gasteiger partial charge in [0.15, 0.2) is 0 Å². The number of piperazine rings is 1. The second kappa shape index (κ2) is 7.85. The van der Waals surface area contributed by atoms with Crippen molar-refractivity contribution in [1.82, 2.24) is 14.9 Å². The van der Waals surface area contributed by atoms with Crippen molar-refractivity contribution in [2.45, 2.75) is 25.4 Å². The van der Waals surface area contributed by atoms with Gasteiger partial charge in [0.25, 0.3) is 0 Å². The van der Waals surface area contributed by atoms with Gasteiger partial charge in [0.1, 0.15) is 0 Å². The molecule has 2 aromatic carbocycles. The standard InChI is InChI=1S/C25H30N6/c1-17-13-19(7-10-24(17)31-16-21-14-22(31)15-30(21)4)27-25-26-12-11-23(28-25)18-5-8-20(9-6-18)29(2)3/h5-13,21-22H,14-16H2,1-4H3,(H,26,27,28)/t21-,22-/m0/s1. The van der Waals surface area contributed by atoms with Crippen LogP contribution < -0.4 is 15.1 Å². The molecule has 2 atom stereocenters. The molecule has 2 saturated heterocycles. The van der Waals surface area contributed by atoms with E-state index in [1.807, 2.05) is 26.4 Å². The summed E-state index contributed by atoms with van der Waals surface area (Å²) in [6, 6.07) is 18.3. The van der Waals surface area contributed by atoms with Crippen molar-refractivity contribution in [3.05, 3.63) is 60.3 Å². The van der Waals surface area contributed by atoms with E-state index in [-0.39, 0.29) is 0 Å². The molecule has 1 aromatic heterocycles. The molecule has 3 heterocycles. The summed E-state index contributed by atoms with van der Waals surface area (Å²) in [5.41, 5.74) is 6.81. The highest BCUT2D eigenvalue weighted by molar-refractivity contribution is 5.67. The number of likely N-dealkylation sites (N-methyl/N-ethyl adjacent to an activating group) is 1. The number of nitrogens with one attached hydrogen (secondary N) is 1. The fourth-order valence-electron chi connectivity index (χ4n) is 4.86. The summed E-state index contributed by atoms with van der Waals surface area (Å²) in [6.45, 7) is 4.49. The van der Waals surface area contributed by atoms with Crippen LogP contribution in [-0.2, 0) is 0 Å². The molecule has 0 radical (unpaired) electrons. The number of nitrogens with zero attached hydrogens (tertiary/aromatic N) is 5. The lowest BCUT2D eigenvalue weighted by molar-refractivity contribution is 0.292. The third-order valence-corrected chi connectivity index (χ3v) is 6.61. The second-order valence-corrected chi connectivity index (χ2v) is 8.97. The van der Waals surface area contributed by atoms with E-state index in [1.54, 1.807) is 0 Å². The largest absolute Gasteiger partial charge is 0.378 e. The predicted molar refractivity (Wildman–Crippen MR) is 128 cm³/mol. The van der Waals surface area contributed by atoms with Gasteiger partial charge in [-0.1, -0.05) is 12.1 Å². The molecule has 2 fully saturated rings. The van der Waals surface area contributed by atoms with Crippen LogP contribution in [0.15, 0.2) is 54.7 Å². The van der Waals surface area contributed by atoms with E-state index in [0.717, 1.165) is 23.5 Å². The number of fused-ring (bicyclic) bond motifs is 2. The summed E-state index contributed by atoms with van der Waals surface area (Å²) in [4.78, 5) is 16.3. The second-order valence-electron chi connectivity index (χ2n) is 8.97. The van der Waals surface area contributed by atoms with Gasteiger partial charge in [0.2, 0.25) is 5.95 Å². The first kappa shape index (κ1) is 19.8. The number of likely N-dealkylation sites (tertiary alicyclic amines) is 1. The highest BCUT2D eigenvalue weighted by atomic mass is 15.3. The molecule has 6 heteroatoms. The van der Waals surface area contributed by atoms with E-state index in [2.05, 4.69) is 81.4 Å². The average molecular weight is 415 g/mol. The number of hydrogen-bond acceptors (Lipinski definition) is 6. The summed E-state index contributed by atoms with van der Waals surface area (Å²) in [6.07, 6.45) is 3.09. The van der Waals surface area contributed by atoms with Crippen molar-refractivity contribution in [2.75, 3.05) is 49.3 Å². The van der Waals surface area contributed by atoms with Gasteiger partial charge in [0, 0.05) is 68.1 Å². The monoisotopic (exact) mass is 414 g/mol. The van der Waals surface area contributed by atoms with Crippen LogP contribution in [0.25, 0.3) is 11.3 Å². The Morgan fingerprint density at radius 1 is 1.00 bits per heavy atom. The number of aromatic nitrogens is 2. The quantitative estimate of drug-likeness (QED) is 0.677. The van der Waals surface area contributed by atoms with Gasteiger partial charge in [0.05, 0.1) is 5.69 Å². The van der Waals surface area contributed by atoms with Crippen molar-refractivity contribution < 1.29 is 0 Å². The maximum Gasteiger partial charge on any atom is 0.227 e. The zero-order chi connectivity index (χ0) is 21.5. The lowest BCUT2D eigenvalue weighted by Gasteiger charge is -2.34. The first-order valence-electron chi connectivity index (χ1n) is 10.9. The minimum absolute atomic E-state index is 0.614. The Morgan fingerprint density at radius 3 is 2.45 bits per heavy atom. The minimum Gasteiger partial charge on any atom is -0.378 e. The molecule has 0 spiro atoms. The van der Waals surface area contributed by atoms with Gasteiger partial charge < -0.3 is 15.1 Å². The highest BCUT2D eigenvalue weighted by Gasteiger charge is 2.41. The Bertz CT molecular complexity index is 1080. The fraction of sp³-hybridized carbons (Fsp3) is 0.360. The summed E-state index contributed by atoms with van der Waals surface area (Å²) in [5, 5.41) is 3.39. The van der Waals surface area contributed by atoms with Gasteiger partial charge in [-0.15, -0.1) is 0 Å². The van der Waals surface area contributed by atoms with Gasteiger partial charge in [-0.05, 0) is 62.4 Å². The Labute approximate surface area is 184 Å². The van der Waals surface area contributed by atoms with E-state index < -0.39 is 0 Å². The van der Waals surface area contributed by atoms with Gasteiger partial charge in [-0.2, -0.15) is 0 Å². The molecule has 6 nitrogen and oxygen atoms in total. The number of benzene rings is 2. The minimum atomic E-state index is 0.614. The number of rotatable bonds is 5. The van der Waals surface area contributed by atoms with E-state index >= 15 is 0 Å². The average Bonchev–Trinajstić information content (AvgIpc) is 3.34. The van der Waals surface area contributed by atoms with Gasteiger partial charge in [-0.3, -0.25) is 4.90 Å². The van der Waals surface area contributed by atoms with Crippen molar-refractivity contribution in [1.29, 1.82) is 0 Å². The molecule has 2 aliphatic heterocycles. The molecule has 0 saturated carbocycles. The number of anilines is 4.